The van der Waals surface area contributed by atoms with Crippen molar-refractivity contribution in [1.29, 1.82) is 0 Å². The molecule has 2 aromatic carbocycles. The zero-order chi connectivity index (χ0) is 26.1. The lowest BCUT2D eigenvalue weighted by atomic mass is 10.1. The molecule has 0 saturated heterocycles. The summed E-state index contributed by atoms with van der Waals surface area (Å²) in [7, 11) is 1.67. The van der Waals surface area contributed by atoms with Crippen molar-refractivity contribution < 1.29 is 14.1 Å². The van der Waals surface area contributed by atoms with Crippen LogP contribution in [0.4, 0.5) is 10.5 Å². The Morgan fingerprint density at radius 3 is 2.27 bits per heavy atom. The first-order valence-corrected chi connectivity index (χ1v) is 14.8. The van der Waals surface area contributed by atoms with E-state index in [9.17, 15) is 4.79 Å². The molecule has 0 aliphatic heterocycles. The molecule has 0 unspecified atom stereocenters. The molecule has 37 heavy (non-hydrogen) atoms. The predicted molar refractivity (Wildman–Crippen MR) is 154 cm³/mol. The van der Waals surface area contributed by atoms with E-state index in [4.69, 9.17) is 4.74 Å². The van der Waals surface area contributed by atoms with Crippen LogP contribution >= 0.6 is 11.3 Å². The summed E-state index contributed by atoms with van der Waals surface area (Å²) in [5.41, 5.74) is 5.21. The van der Waals surface area contributed by atoms with Crippen molar-refractivity contribution in [3.05, 3.63) is 76.7 Å². The molecule has 3 aromatic rings. The highest BCUT2D eigenvalue weighted by Gasteiger charge is 2.16. The van der Waals surface area contributed by atoms with E-state index in [1.165, 1.54) is 63.4 Å². The van der Waals surface area contributed by atoms with Gasteiger partial charge in [0.15, 0.2) is 12.7 Å². The summed E-state index contributed by atoms with van der Waals surface area (Å²) in [6.45, 7) is 4.31. The van der Waals surface area contributed by atoms with Crippen LogP contribution < -0.4 is 19.5 Å². The standard InChI is InChI=1S/C31H43N3O2S/c1-3-4-5-6-7-8-9-10-11-12-21-36-30-15-13-14-28(23-30)25-34(31(35)32-2)29-18-16-27(17-19-29)24-33-20-22-37-26-33/h13-20,22-23,26H,3-12,21,24-25H2,1-2H3/p+1. The van der Waals surface area contributed by atoms with Crippen LogP contribution in [-0.2, 0) is 13.1 Å². The maximum atomic E-state index is 12.7. The summed E-state index contributed by atoms with van der Waals surface area (Å²) in [5.74, 6) is 0.869. The van der Waals surface area contributed by atoms with Crippen LogP contribution in [0.25, 0.3) is 0 Å². The third kappa shape index (κ3) is 10.6. The van der Waals surface area contributed by atoms with E-state index >= 15 is 0 Å². The monoisotopic (exact) mass is 522 g/mol. The van der Waals surface area contributed by atoms with Gasteiger partial charge >= 0.3 is 6.03 Å². The molecule has 3 rings (SSSR count). The van der Waals surface area contributed by atoms with Gasteiger partial charge in [-0.15, -0.1) is 0 Å². The van der Waals surface area contributed by atoms with Gasteiger partial charge in [-0.05, 0) is 36.2 Å². The highest BCUT2D eigenvalue weighted by Crippen LogP contribution is 2.21. The molecule has 5 nitrogen and oxygen atoms in total. The molecule has 0 aliphatic carbocycles. The number of hydrogen-bond acceptors (Lipinski definition) is 3. The van der Waals surface area contributed by atoms with E-state index in [0.29, 0.717) is 6.54 Å². The first-order valence-electron chi connectivity index (χ1n) is 13.9. The van der Waals surface area contributed by atoms with E-state index in [2.05, 4.69) is 46.0 Å². The molecule has 1 heterocycles. The van der Waals surface area contributed by atoms with E-state index in [1.807, 2.05) is 36.4 Å². The molecule has 0 radical (unpaired) electrons. The largest absolute Gasteiger partial charge is 0.494 e. The van der Waals surface area contributed by atoms with Gasteiger partial charge in [-0.1, -0.05) is 100 Å². The van der Waals surface area contributed by atoms with Crippen LogP contribution in [0.2, 0.25) is 0 Å². The summed E-state index contributed by atoms with van der Waals surface area (Å²) < 4.78 is 8.19. The minimum absolute atomic E-state index is 0.128. The quantitative estimate of drug-likeness (QED) is 0.146. The number of carbonyl (C=O) groups is 1. The minimum atomic E-state index is -0.128. The van der Waals surface area contributed by atoms with E-state index in [1.54, 1.807) is 23.3 Å². The second-order valence-corrected chi connectivity index (χ2v) is 10.4. The summed E-state index contributed by atoms with van der Waals surface area (Å²) in [4.78, 5) is 14.5. The fourth-order valence-electron chi connectivity index (χ4n) is 4.45. The Balaban J connectivity index is 1.44. The van der Waals surface area contributed by atoms with Crippen molar-refractivity contribution in [2.24, 2.45) is 0 Å². The summed E-state index contributed by atoms with van der Waals surface area (Å²) in [6.07, 6.45) is 15.2. The molecule has 1 N–H and O–H groups in total. The minimum Gasteiger partial charge on any atom is -0.494 e. The Morgan fingerprint density at radius 2 is 1.62 bits per heavy atom. The van der Waals surface area contributed by atoms with Crippen LogP contribution in [0.3, 0.4) is 0 Å². The average Bonchev–Trinajstić information content (AvgIpc) is 3.44. The number of rotatable bonds is 17. The van der Waals surface area contributed by atoms with Gasteiger partial charge in [0, 0.05) is 18.3 Å². The second-order valence-electron chi connectivity index (χ2n) is 9.68. The van der Waals surface area contributed by atoms with Crippen molar-refractivity contribution in [3.8, 4) is 5.75 Å². The molecular formula is C31H44N3O2S+. The van der Waals surface area contributed by atoms with Crippen molar-refractivity contribution in [2.75, 3.05) is 18.6 Å². The zero-order valence-corrected chi connectivity index (χ0v) is 23.5. The second kappa shape index (κ2) is 16.8. The van der Waals surface area contributed by atoms with Crippen LogP contribution in [0.1, 0.15) is 82.3 Å². The Kier molecular flexibility index (Phi) is 13.0. The number of hydrogen-bond donors (Lipinski definition) is 1. The Hall–Kier alpha value is -2.86. The van der Waals surface area contributed by atoms with Crippen molar-refractivity contribution in [1.82, 2.24) is 5.32 Å². The number of urea groups is 1. The molecule has 1 aromatic heterocycles. The molecule has 6 heteroatoms. The van der Waals surface area contributed by atoms with E-state index < -0.39 is 0 Å². The molecule has 0 aliphatic rings. The lowest BCUT2D eigenvalue weighted by Gasteiger charge is -2.23. The number of aromatic nitrogens is 1. The smallest absolute Gasteiger partial charge is 0.321 e. The first-order chi connectivity index (χ1) is 18.2. The first kappa shape index (κ1) is 28.7. The Morgan fingerprint density at radius 1 is 0.919 bits per heavy atom. The van der Waals surface area contributed by atoms with Crippen LogP contribution in [-0.4, -0.2) is 19.7 Å². The lowest BCUT2D eigenvalue weighted by Crippen LogP contribution is -2.37. The Labute approximate surface area is 227 Å². The number of unbranched alkanes of at least 4 members (excludes halogenated alkanes) is 9. The van der Waals surface area contributed by atoms with Gasteiger partial charge in [-0.3, -0.25) is 4.90 Å². The number of thiazole rings is 1. The predicted octanol–water partition coefficient (Wildman–Crippen LogP) is 7.73. The number of ether oxygens (including phenoxy) is 1. The van der Waals surface area contributed by atoms with E-state index in [0.717, 1.165) is 36.6 Å². The Bertz CT molecular complexity index is 1020. The fourth-order valence-corrected chi connectivity index (χ4v) is 5.05. The van der Waals surface area contributed by atoms with Gasteiger partial charge < -0.3 is 10.1 Å². The number of carbonyl (C=O) groups excluding carboxylic acids is 1. The number of amides is 2. The van der Waals surface area contributed by atoms with Gasteiger partial charge in [-0.25, -0.2) is 4.79 Å². The molecular weight excluding hydrogens is 478 g/mol. The van der Waals surface area contributed by atoms with Crippen LogP contribution in [0, 0.1) is 0 Å². The number of nitrogens with zero attached hydrogens (tertiary/aromatic N) is 2. The normalized spacial score (nSPS) is 10.9. The highest BCUT2D eigenvalue weighted by molar-refractivity contribution is 7.07. The van der Waals surface area contributed by atoms with Gasteiger partial charge in [0.25, 0.3) is 0 Å². The third-order valence-electron chi connectivity index (χ3n) is 6.61. The molecule has 0 bridgehead atoms. The zero-order valence-electron chi connectivity index (χ0n) is 22.7. The van der Waals surface area contributed by atoms with Gasteiger partial charge in [0.05, 0.1) is 18.5 Å². The van der Waals surface area contributed by atoms with Gasteiger partial charge in [0.1, 0.15) is 5.75 Å². The molecule has 2 amide bonds. The van der Waals surface area contributed by atoms with Crippen LogP contribution in [0.15, 0.2) is 65.6 Å². The van der Waals surface area contributed by atoms with Gasteiger partial charge in [-0.2, -0.15) is 4.57 Å². The van der Waals surface area contributed by atoms with Crippen molar-refractivity contribution in [3.63, 3.8) is 0 Å². The number of benzene rings is 2. The van der Waals surface area contributed by atoms with Crippen LogP contribution in [0.5, 0.6) is 5.75 Å². The summed E-state index contributed by atoms with van der Waals surface area (Å²) >= 11 is 1.68. The average molecular weight is 523 g/mol. The van der Waals surface area contributed by atoms with Gasteiger partial charge in [0.2, 0.25) is 5.51 Å². The third-order valence-corrected chi connectivity index (χ3v) is 7.28. The lowest BCUT2D eigenvalue weighted by molar-refractivity contribution is -0.683. The molecule has 0 spiro atoms. The maximum absolute atomic E-state index is 12.7. The van der Waals surface area contributed by atoms with E-state index in [-0.39, 0.29) is 6.03 Å². The molecule has 0 saturated carbocycles. The highest BCUT2D eigenvalue weighted by atomic mass is 32.1. The SMILES string of the molecule is CCCCCCCCCCCCOc1cccc(CN(C(=O)NC)c2ccc(C[n+]3ccsc3)cc2)c1. The summed E-state index contributed by atoms with van der Waals surface area (Å²) in [5, 5.41) is 4.84. The maximum Gasteiger partial charge on any atom is 0.321 e. The number of nitrogens with one attached hydrogen (secondary N) is 1. The number of anilines is 1. The topological polar surface area (TPSA) is 45.5 Å². The molecule has 0 atom stereocenters. The molecule has 200 valence electrons. The fraction of sp³-hybridized carbons (Fsp3) is 0.484. The molecule has 0 fully saturated rings. The van der Waals surface area contributed by atoms with Crippen molar-refractivity contribution in [2.45, 2.75) is 84.2 Å². The summed E-state index contributed by atoms with van der Waals surface area (Å²) in [6, 6.07) is 16.2. The van der Waals surface area contributed by atoms with Crippen molar-refractivity contribution >= 4 is 23.1 Å².